The number of carbonyl (C=O) groups excluding carboxylic acids is 1. The van der Waals surface area contributed by atoms with Gasteiger partial charge in [-0.1, -0.05) is 18.2 Å². The van der Waals surface area contributed by atoms with Crippen molar-refractivity contribution in [2.75, 3.05) is 0 Å². The third-order valence-electron chi connectivity index (χ3n) is 2.95. The molecular formula is C12H11N3O. The van der Waals surface area contributed by atoms with Crippen LogP contribution >= 0.6 is 0 Å². The molecule has 4 heteroatoms. The fraction of sp³-hybridized carbons (Fsp3) is 0.167. The van der Waals surface area contributed by atoms with Crippen molar-refractivity contribution < 1.29 is 4.79 Å². The standard InChI is InChI=1S/C12H11N3O/c13-12(16)11-9-6-14-5-8(9)7-3-1-2-4-10(7)15-11/h1-4,14H,5-6H2,(H2,13,16). The Balaban J connectivity index is 2.42. The average molecular weight is 213 g/mol. The predicted molar refractivity (Wildman–Crippen MR) is 60.8 cm³/mol. The summed E-state index contributed by atoms with van der Waals surface area (Å²) in [7, 11) is 0. The summed E-state index contributed by atoms with van der Waals surface area (Å²) in [6.07, 6.45) is 0. The van der Waals surface area contributed by atoms with E-state index in [1.54, 1.807) is 0 Å². The number of hydrogen-bond acceptors (Lipinski definition) is 3. The number of amides is 1. The van der Waals surface area contributed by atoms with Gasteiger partial charge in [0.1, 0.15) is 5.69 Å². The van der Waals surface area contributed by atoms with Crippen LogP contribution in [-0.4, -0.2) is 10.9 Å². The van der Waals surface area contributed by atoms with E-state index in [9.17, 15) is 4.79 Å². The zero-order chi connectivity index (χ0) is 11.1. The molecule has 0 radical (unpaired) electrons. The Labute approximate surface area is 92.5 Å². The topological polar surface area (TPSA) is 68.0 Å². The van der Waals surface area contributed by atoms with Crippen molar-refractivity contribution in [3.63, 3.8) is 0 Å². The first kappa shape index (κ1) is 9.30. The molecule has 0 bridgehead atoms. The molecule has 0 atom stereocenters. The number of carbonyl (C=O) groups is 1. The molecule has 16 heavy (non-hydrogen) atoms. The van der Waals surface area contributed by atoms with E-state index in [4.69, 9.17) is 5.73 Å². The number of para-hydroxylation sites is 1. The first-order valence-corrected chi connectivity index (χ1v) is 5.18. The summed E-state index contributed by atoms with van der Waals surface area (Å²) in [4.78, 5) is 15.7. The first-order chi connectivity index (χ1) is 7.77. The molecule has 1 aliphatic heterocycles. The third kappa shape index (κ3) is 1.20. The van der Waals surface area contributed by atoms with Crippen LogP contribution in [0.5, 0.6) is 0 Å². The van der Waals surface area contributed by atoms with Crippen molar-refractivity contribution in [2.24, 2.45) is 5.73 Å². The smallest absolute Gasteiger partial charge is 0.267 e. The molecule has 2 heterocycles. The molecule has 1 aromatic carbocycles. The van der Waals surface area contributed by atoms with Gasteiger partial charge in [0.25, 0.3) is 5.91 Å². The SMILES string of the molecule is NC(=O)c1nc2ccccc2c2c1CNC2. The number of rotatable bonds is 1. The molecule has 1 aromatic heterocycles. The van der Waals surface area contributed by atoms with Crippen LogP contribution in [0.25, 0.3) is 10.9 Å². The average Bonchev–Trinajstić information content (AvgIpc) is 2.76. The summed E-state index contributed by atoms with van der Waals surface area (Å²) in [6.45, 7) is 1.45. The first-order valence-electron chi connectivity index (χ1n) is 5.18. The van der Waals surface area contributed by atoms with Crippen molar-refractivity contribution in [3.8, 4) is 0 Å². The van der Waals surface area contributed by atoms with Crippen LogP contribution in [-0.2, 0) is 13.1 Å². The van der Waals surface area contributed by atoms with Crippen LogP contribution in [0, 0.1) is 0 Å². The highest BCUT2D eigenvalue weighted by Gasteiger charge is 2.21. The molecular weight excluding hydrogens is 202 g/mol. The van der Waals surface area contributed by atoms with Gasteiger partial charge in [0.15, 0.2) is 0 Å². The molecule has 0 aliphatic carbocycles. The number of nitrogens with zero attached hydrogens (tertiary/aromatic N) is 1. The molecule has 1 aliphatic rings. The molecule has 80 valence electrons. The van der Waals surface area contributed by atoms with Gasteiger partial charge in [-0.15, -0.1) is 0 Å². The number of aromatic nitrogens is 1. The number of benzene rings is 1. The van der Waals surface area contributed by atoms with E-state index in [2.05, 4.69) is 10.3 Å². The second-order valence-electron chi connectivity index (χ2n) is 3.90. The van der Waals surface area contributed by atoms with Crippen molar-refractivity contribution in [2.45, 2.75) is 13.1 Å². The lowest BCUT2D eigenvalue weighted by atomic mass is 10.0. The molecule has 0 saturated carbocycles. The van der Waals surface area contributed by atoms with E-state index in [-0.39, 0.29) is 0 Å². The highest BCUT2D eigenvalue weighted by molar-refractivity contribution is 5.97. The van der Waals surface area contributed by atoms with E-state index in [1.165, 1.54) is 0 Å². The number of primary amides is 1. The summed E-state index contributed by atoms with van der Waals surface area (Å²) < 4.78 is 0. The molecule has 2 aromatic rings. The number of nitrogens with two attached hydrogens (primary N) is 1. The maximum atomic E-state index is 11.3. The Hall–Kier alpha value is -1.94. The monoisotopic (exact) mass is 213 g/mol. The lowest BCUT2D eigenvalue weighted by Crippen LogP contribution is -2.16. The number of hydrogen-bond donors (Lipinski definition) is 2. The summed E-state index contributed by atoms with van der Waals surface area (Å²) in [5.74, 6) is -0.453. The van der Waals surface area contributed by atoms with E-state index < -0.39 is 5.91 Å². The fourth-order valence-electron chi connectivity index (χ4n) is 2.23. The lowest BCUT2D eigenvalue weighted by molar-refractivity contribution is 0.0995. The maximum Gasteiger partial charge on any atom is 0.267 e. The molecule has 3 rings (SSSR count). The van der Waals surface area contributed by atoms with Crippen LogP contribution in [0.1, 0.15) is 21.6 Å². The van der Waals surface area contributed by atoms with E-state index in [0.29, 0.717) is 12.2 Å². The fourth-order valence-corrected chi connectivity index (χ4v) is 2.23. The summed E-state index contributed by atoms with van der Waals surface area (Å²) in [5, 5.41) is 4.33. The molecule has 0 unspecified atom stereocenters. The van der Waals surface area contributed by atoms with E-state index in [1.807, 2.05) is 24.3 Å². The highest BCUT2D eigenvalue weighted by Crippen LogP contribution is 2.26. The van der Waals surface area contributed by atoms with Crippen LogP contribution in [0.4, 0.5) is 0 Å². The Morgan fingerprint density at radius 1 is 1.25 bits per heavy atom. The summed E-state index contributed by atoms with van der Waals surface area (Å²) in [6, 6.07) is 7.82. The number of pyridine rings is 1. The maximum absolute atomic E-state index is 11.3. The minimum atomic E-state index is -0.453. The van der Waals surface area contributed by atoms with Crippen molar-refractivity contribution >= 4 is 16.8 Å². The van der Waals surface area contributed by atoms with Crippen molar-refractivity contribution in [1.82, 2.24) is 10.3 Å². The lowest BCUT2D eigenvalue weighted by Gasteiger charge is -2.07. The Morgan fingerprint density at radius 2 is 2.00 bits per heavy atom. The minimum absolute atomic E-state index is 0.402. The quantitative estimate of drug-likeness (QED) is 0.740. The largest absolute Gasteiger partial charge is 0.364 e. The highest BCUT2D eigenvalue weighted by atomic mass is 16.1. The molecule has 1 amide bonds. The van der Waals surface area contributed by atoms with Gasteiger partial charge in [-0.2, -0.15) is 0 Å². The zero-order valence-corrected chi connectivity index (χ0v) is 8.66. The van der Waals surface area contributed by atoms with Crippen LogP contribution in [0.2, 0.25) is 0 Å². The van der Waals surface area contributed by atoms with E-state index >= 15 is 0 Å². The second-order valence-corrected chi connectivity index (χ2v) is 3.90. The van der Waals surface area contributed by atoms with Gasteiger partial charge >= 0.3 is 0 Å². The zero-order valence-electron chi connectivity index (χ0n) is 8.66. The van der Waals surface area contributed by atoms with Gasteiger partial charge in [-0.3, -0.25) is 4.79 Å². The van der Waals surface area contributed by atoms with Gasteiger partial charge < -0.3 is 11.1 Å². The number of fused-ring (bicyclic) bond motifs is 3. The van der Waals surface area contributed by atoms with Gasteiger partial charge in [-0.05, 0) is 11.6 Å². The molecule has 4 nitrogen and oxygen atoms in total. The van der Waals surface area contributed by atoms with E-state index in [0.717, 1.165) is 28.6 Å². The summed E-state index contributed by atoms with van der Waals surface area (Å²) >= 11 is 0. The second kappa shape index (κ2) is 3.28. The van der Waals surface area contributed by atoms with Gasteiger partial charge in [-0.25, -0.2) is 4.98 Å². The van der Waals surface area contributed by atoms with Gasteiger partial charge in [0.05, 0.1) is 5.52 Å². The normalized spacial score (nSPS) is 14.0. The molecule has 0 spiro atoms. The van der Waals surface area contributed by atoms with Crippen LogP contribution in [0.3, 0.4) is 0 Å². The van der Waals surface area contributed by atoms with Crippen LogP contribution in [0.15, 0.2) is 24.3 Å². The third-order valence-corrected chi connectivity index (χ3v) is 2.95. The predicted octanol–water partition coefficient (Wildman–Crippen LogP) is 0.937. The minimum Gasteiger partial charge on any atom is -0.364 e. The Bertz CT molecular complexity index is 592. The van der Waals surface area contributed by atoms with Crippen LogP contribution < -0.4 is 11.1 Å². The van der Waals surface area contributed by atoms with Crippen molar-refractivity contribution in [1.29, 1.82) is 0 Å². The van der Waals surface area contributed by atoms with Crippen molar-refractivity contribution in [3.05, 3.63) is 41.1 Å². The molecule has 0 fully saturated rings. The van der Waals surface area contributed by atoms with Gasteiger partial charge in [0, 0.05) is 24.0 Å². The molecule has 3 N–H and O–H groups in total. The Kier molecular flexibility index (Phi) is 1.91. The molecule has 0 saturated heterocycles. The summed E-state index contributed by atoms with van der Waals surface area (Å²) in [5.41, 5.74) is 8.68. The Morgan fingerprint density at radius 3 is 2.81 bits per heavy atom. The number of nitrogens with one attached hydrogen (secondary N) is 1. The van der Waals surface area contributed by atoms with Gasteiger partial charge in [0.2, 0.25) is 0 Å².